The molecule has 0 bridgehead atoms. The SMILES string of the molecule is Cc1cc(CCc2ccc(C=O)cc2)cc(C)n1. The van der Waals surface area contributed by atoms with E-state index in [-0.39, 0.29) is 0 Å². The average Bonchev–Trinajstić information content (AvgIpc) is 2.36. The van der Waals surface area contributed by atoms with Crippen LogP contribution in [0.2, 0.25) is 0 Å². The standard InChI is InChI=1S/C16H17NO/c1-12-9-16(10-13(2)17-12)8-5-14-3-6-15(11-18)7-4-14/h3-4,6-7,9-11H,5,8H2,1-2H3. The van der Waals surface area contributed by atoms with E-state index in [1.807, 2.05) is 38.1 Å². The molecule has 0 aliphatic heterocycles. The highest BCUT2D eigenvalue weighted by Crippen LogP contribution is 2.10. The largest absolute Gasteiger partial charge is 0.298 e. The molecule has 0 spiro atoms. The smallest absolute Gasteiger partial charge is 0.150 e. The Labute approximate surface area is 108 Å². The van der Waals surface area contributed by atoms with Crippen LogP contribution in [0, 0.1) is 13.8 Å². The van der Waals surface area contributed by atoms with E-state index in [2.05, 4.69) is 17.1 Å². The zero-order valence-electron chi connectivity index (χ0n) is 10.8. The fourth-order valence-corrected chi connectivity index (χ4v) is 2.12. The average molecular weight is 239 g/mol. The predicted octanol–water partition coefficient (Wildman–Crippen LogP) is 3.30. The Hall–Kier alpha value is -1.96. The molecule has 2 rings (SSSR count). The first-order chi connectivity index (χ1) is 8.67. The number of carbonyl (C=O) groups excluding carboxylic acids is 1. The molecule has 0 amide bonds. The molecule has 0 fully saturated rings. The third kappa shape index (κ3) is 3.27. The number of aldehydes is 1. The van der Waals surface area contributed by atoms with Crippen LogP contribution in [-0.2, 0) is 12.8 Å². The van der Waals surface area contributed by atoms with Gasteiger partial charge in [-0.3, -0.25) is 9.78 Å². The van der Waals surface area contributed by atoms with Crippen LogP contribution >= 0.6 is 0 Å². The van der Waals surface area contributed by atoms with Gasteiger partial charge in [0, 0.05) is 17.0 Å². The molecule has 92 valence electrons. The van der Waals surface area contributed by atoms with E-state index in [9.17, 15) is 4.79 Å². The minimum atomic E-state index is 0.731. The van der Waals surface area contributed by atoms with E-state index in [0.717, 1.165) is 36.1 Å². The number of hydrogen-bond acceptors (Lipinski definition) is 2. The van der Waals surface area contributed by atoms with Gasteiger partial charge in [0.15, 0.2) is 0 Å². The van der Waals surface area contributed by atoms with Gasteiger partial charge in [-0.25, -0.2) is 0 Å². The predicted molar refractivity (Wildman–Crippen MR) is 72.9 cm³/mol. The lowest BCUT2D eigenvalue weighted by Crippen LogP contribution is -1.95. The number of carbonyl (C=O) groups is 1. The maximum atomic E-state index is 10.6. The van der Waals surface area contributed by atoms with Gasteiger partial charge in [-0.2, -0.15) is 0 Å². The summed E-state index contributed by atoms with van der Waals surface area (Å²) in [5.74, 6) is 0. The first kappa shape index (κ1) is 12.5. The molecule has 0 atom stereocenters. The van der Waals surface area contributed by atoms with Crippen molar-refractivity contribution in [3.05, 3.63) is 64.5 Å². The summed E-state index contributed by atoms with van der Waals surface area (Å²) in [6.45, 7) is 4.05. The summed E-state index contributed by atoms with van der Waals surface area (Å²) in [4.78, 5) is 14.9. The summed E-state index contributed by atoms with van der Waals surface area (Å²) in [7, 11) is 0. The second-order valence-electron chi connectivity index (χ2n) is 4.62. The van der Waals surface area contributed by atoms with Crippen LogP contribution in [0.25, 0.3) is 0 Å². The second kappa shape index (κ2) is 5.58. The molecule has 2 aromatic rings. The van der Waals surface area contributed by atoms with Crippen molar-refractivity contribution in [1.82, 2.24) is 4.98 Å². The van der Waals surface area contributed by atoms with Gasteiger partial charge < -0.3 is 0 Å². The van der Waals surface area contributed by atoms with Crippen molar-refractivity contribution >= 4 is 6.29 Å². The van der Waals surface area contributed by atoms with Crippen molar-refractivity contribution in [2.24, 2.45) is 0 Å². The fraction of sp³-hybridized carbons (Fsp3) is 0.250. The maximum Gasteiger partial charge on any atom is 0.150 e. The van der Waals surface area contributed by atoms with Crippen molar-refractivity contribution in [3.8, 4) is 0 Å². The zero-order valence-corrected chi connectivity index (χ0v) is 10.8. The van der Waals surface area contributed by atoms with Gasteiger partial charge >= 0.3 is 0 Å². The van der Waals surface area contributed by atoms with Gasteiger partial charge in [0.1, 0.15) is 6.29 Å². The molecule has 1 aromatic heterocycles. The lowest BCUT2D eigenvalue weighted by molar-refractivity contribution is 0.112. The highest BCUT2D eigenvalue weighted by atomic mass is 16.1. The van der Waals surface area contributed by atoms with E-state index >= 15 is 0 Å². The molecular formula is C16H17NO. The number of benzene rings is 1. The molecular weight excluding hydrogens is 222 g/mol. The van der Waals surface area contributed by atoms with E-state index in [1.54, 1.807) is 0 Å². The molecule has 0 radical (unpaired) electrons. The van der Waals surface area contributed by atoms with E-state index in [0.29, 0.717) is 0 Å². The van der Waals surface area contributed by atoms with Crippen molar-refractivity contribution in [1.29, 1.82) is 0 Å². The minimum absolute atomic E-state index is 0.731. The molecule has 2 heteroatoms. The number of aromatic nitrogens is 1. The molecule has 0 saturated carbocycles. The molecule has 1 aromatic carbocycles. The van der Waals surface area contributed by atoms with Gasteiger partial charge in [0.2, 0.25) is 0 Å². The highest BCUT2D eigenvalue weighted by Gasteiger charge is 1.99. The maximum absolute atomic E-state index is 10.6. The molecule has 0 unspecified atom stereocenters. The molecule has 0 aliphatic carbocycles. The Morgan fingerprint density at radius 2 is 1.50 bits per heavy atom. The van der Waals surface area contributed by atoms with Crippen LogP contribution in [0.4, 0.5) is 0 Å². The second-order valence-corrected chi connectivity index (χ2v) is 4.62. The Kier molecular flexibility index (Phi) is 3.88. The Bertz CT molecular complexity index is 523. The van der Waals surface area contributed by atoms with Crippen LogP contribution in [0.1, 0.15) is 32.9 Å². The van der Waals surface area contributed by atoms with Crippen molar-refractivity contribution in [2.75, 3.05) is 0 Å². The van der Waals surface area contributed by atoms with Gasteiger partial charge in [-0.1, -0.05) is 24.3 Å². The Morgan fingerprint density at radius 3 is 2.06 bits per heavy atom. The molecule has 18 heavy (non-hydrogen) atoms. The van der Waals surface area contributed by atoms with Crippen molar-refractivity contribution in [2.45, 2.75) is 26.7 Å². The fourth-order valence-electron chi connectivity index (χ4n) is 2.12. The lowest BCUT2D eigenvalue weighted by Gasteiger charge is -2.05. The first-order valence-corrected chi connectivity index (χ1v) is 6.15. The van der Waals surface area contributed by atoms with Crippen LogP contribution in [0.3, 0.4) is 0 Å². The number of nitrogens with zero attached hydrogens (tertiary/aromatic N) is 1. The summed E-state index contributed by atoms with van der Waals surface area (Å²) in [5.41, 5.74) is 5.45. The van der Waals surface area contributed by atoms with Crippen molar-refractivity contribution < 1.29 is 4.79 Å². The summed E-state index contributed by atoms with van der Waals surface area (Å²) in [6, 6.07) is 12.0. The first-order valence-electron chi connectivity index (χ1n) is 6.15. The van der Waals surface area contributed by atoms with E-state index in [4.69, 9.17) is 0 Å². The molecule has 1 heterocycles. The third-order valence-electron chi connectivity index (χ3n) is 2.96. The van der Waals surface area contributed by atoms with Crippen LogP contribution in [0.15, 0.2) is 36.4 Å². The Balaban J connectivity index is 2.03. The quantitative estimate of drug-likeness (QED) is 0.766. The summed E-state index contributed by atoms with van der Waals surface area (Å²) >= 11 is 0. The number of pyridine rings is 1. The number of rotatable bonds is 4. The van der Waals surface area contributed by atoms with Gasteiger partial charge in [-0.05, 0) is 49.9 Å². The van der Waals surface area contributed by atoms with Gasteiger partial charge in [0.05, 0.1) is 0 Å². The summed E-state index contributed by atoms with van der Waals surface area (Å²) in [5, 5.41) is 0. The topological polar surface area (TPSA) is 30.0 Å². The monoisotopic (exact) mass is 239 g/mol. The normalized spacial score (nSPS) is 10.3. The van der Waals surface area contributed by atoms with Crippen LogP contribution < -0.4 is 0 Å². The van der Waals surface area contributed by atoms with Crippen LogP contribution in [-0.4, -0.2) is 11.3 Å². The molecule has 2 nitrogen and oxygen atoms in total. The summed E-state index contributed by atoms with van der Waals surface area (Å²) in [6.07, 6.45) is 2.87. The van der Waals surface area contributed by atoms with E-state index in [1.165, 1.54) is 11.1 Å². The number of hydrogen-bond donors (Lipinski definition) is 0. The van der Waals surface area contributed by atoms with E-state index < -0.39 is 0 Å². The Morgan fingerprint density at radius 1 is 0.944 bits per heavy atom. The lowest BCUT2D eigenvalue weighted by atomic mass is 10.0. The molecule has 0 saturated heterocycles. The van der Waals surface area contributed by atoms with Crippen LogP contribution in [0.5, 0.6) is 0 Å². The molecule has 0 N–H and O–H groups in total. The number of aryl methyl sites for hydroxylation is 4. The zero-order chi connectivity index (χ0) is 13.0. The van der Waals surface area contributed by atoms with Gasteiger partial charge in [-0.15, -0.1) is 0 Å². The molecule has 0 aliphatic rings. The third-order valence-corrected chi connectivity index (χ3v) is 2.96. The highest BCUT2D eigenvalue weighted by molar-refractivity contribution is 5.74. The summed E-state index contributed by atoms with van der Waals surface area (Å²) < 4.78 is 0. The minimum Gasteiger partial charge on any atom is -0.298 e. The van der Waals surface area contributed by atoms with Crippen molar-refractivity contribution in [3.63, 3.8) is 0 Å². The van der Waals surface area contributed by atoms with Gasteiger partial charge in [0.25, 0.3) is 0 Å².